The Hall–Kier alpha value is -3.09. The average Bonchev–Trinajstić information content (AvgIpc) is 2.61. The van der Waals surface area contributed by atoms with Crippen LogP contribution in [0.3, 0.4) is 0 Å². The number of non-ortho nitro benzene ring substituents is 1. The Bertz CT molecular complexity index is 822. The minimum absolute atomic E-state index is 0.0541. The lowest BCUT2D eigenvalue weighted by atomic mass is 9.98. The SMILES string of the molecule is CC(C(=O)Nc1cccc([N+](=O)[O-])c1)N1CCCc2c(N)cccc21. The summed E-state index contributed by atoms with van der Waals surface area (Å²) in [5, 5.41) is 13.6. The van der Waals surface area contributed by atoms with Crippen molar-refractivity contribution in [1.82, 2.24) is 0 Å². The van der Waals surface area contributed by atoms with Gasteiger partial charge in [-0.25, -0.2) is 0 Å². The highest BCUT2D eigenvalue weighted by Crippen LogP contribution is 2.32. The Balaban J connectivity index is 1.79. The van der Waals surface area contributed by atoms with Crippen LogP contribution < -0.4 is 16.0 Å². The molecule has 2 aromatic carbocycles. The van der Waals surface area contributed by atoms with Gasteiger partial charge in [-0.15, -0.1) is 0 Å². The molecule has 1 unspecified atom stereocenters. The van der Waals surface area contributed by atoms with Crippen LogP contribution in [0.2, 0.25) is 0 Å². The number of nitrogens with two attached hydrogens (primary N) is 1. The third-order valence-corrected chi connectivity index (χ3v) is 4.49. The lowest BCUT2D eigenvalue weighted by Gasteiger charge is -2.36. The Morgan fingerprint density at radius 2 is 2.08 bits per heavy atom. The molecular formula is C18H20N4O3. The number of fused-ring (bicyclic) bond motifs is 1. The van der Waals surface area contributed by atoms with Crippen molar-refractivity contribution in [1.29, 1.82) is 0 Å². The first kappa shape index (κ1) is 16.8. The van der Waals surface area contributed by atoms with Crippen LogP contribution in [0.25, 0.3) is 0 Å². The van der Waals surface area contributed by atoms with Gasteiger partial charge in [0.1, 0.15) is 6.04 Å². The first-order valence-electron chi connectivity index (χ1n) is 8.16. The fraction of sp³-hybridized carbons (Fsp3) is 0.278. The molecule has 0 saturated carbocycles. The predicted octanol–water partition coefficient (Wildman–Crippen LogP) is 2.96. The Morgan fingerprint density at radius 1 is 1.32 bits per heavy atom. The fourth-order valence-corrected chi connectivity index (χ4v) is 3.17. The zero-order chi connectivity index (χ0) is 18.0. The Morgan fingerprint density at radius 3 is 2.84 bits per heavy atom. The lowest BCUT2D eigenvalue weighted by molar-refractivity contribution is -0.384. The topological polar surface area (TPSA) is 101 Å². The number of rotatable bonds is 4. The lowest BCUT2D eigenvalue weighted by Crippen LogP contribution is -2.44. The van der Waals surface area contributed by atoms with Crippen LogP contribution >= 0.6 is 0 Å². The largest absolute Gasteiger partial charge is 0.398 e. The second-order valence-electron chi connectivity index (χ2n) is 6.11. The van der Waals surface area contributed by atoms with E-state index < -0.39 is 11.0 Å². The van der Waals surface area contributed by atoms with Crippen molar-refractivity contribution in [3.05, 3.63) is 58.1 Å². The van der Waals surface area contributed by atoms with E-state index in [1.165, 1.54) is 12.1 Å². The van der Waals surface area contributed by atoms with Gasteiger partial charge in [0.15, 0.2) is 0 Å². The van der Waals surface area contributed by atoms with E-state index in [9.17, 15) is 14.9 Å². The van der Waals surface area contributed by atoms with Crippen molar-refractivity contribution in [3.63, 3.8) is 0 Å². The van der Waals surface area contributed by atoms with Crippen molar-refractivity contribution >= 4 is 28.7 Å². The maximum atomic E-state index is 12.6. The summed E-state index contributed by atoms with van der Waals surface area (Å²) in [6.45, 7) is 2.59. The van der Waals surface area contributed by atoms with Gasteiger partial charge in [0, 0.05) is 35.7 Å². The number of nitrogens with zero attached hydrogens (tertiary/aromatic N) is 2. The molecule has 0 aromatic heterocycles. The van der Waals surface area contributed by atoms with Crippen LogP contribution in [-0.4, -0.2) is 23.4 Å². The van der Waals surface area contributed by atoms with Crippen LogP contribution in [0.4, 0.5) is 22.7 Å². The van der Waals surface area contributed by atoms with E-state index in [4.69, 9.17) is 5.73 Å². The van der Waals surface area contributed by atoms with E-state index in [0.29, 0.717) is 5.69 Å². The highest BCUT2D eigenvalue weighted by atomic mass is 16.6. The molecule has 130 valence electrons. The molecule has 0 radical (unpaired) electrons. The van der Waals surface area contributed by atoms with Gasteiger partial charge < -0.3 is 16.0 Å². The maximum Gasteiger partial charge on any atom is 0.271 e. The van der Waals surface area contributed by atoms with Crippen LogP contribution in [0.5, 0.6) is 0 Å². The number of nitro benzene ring substituents is 1. The van der Waals surface area contributed by atoms with E-state index in [2.05, 4.69) is 5.32 Å². The zero-order valence-corrected chi connectivity index (χ0v) is 13.9. The molecule has 2 aromatic rings. The third kappa shape index (κ3) is 3.40. The average molecular weight is 340 g/mol. The predicted molar refractivity (Wildman–Crippen MR) is 97.7 cm³/mol. The van der Waals surface area contributed by atoms with Crippen LogP contribution in [0, 0.1) is 10.1 Å². The van der Waals surface area contributed by atoms with Crippen LogP contribution in [-0.2, 0) is 11.2 Å². The fourth-order valence-electron chi connectivity index (χ4n) is 3.17. The van der Waals surface area contributed by atoms with Crippen LogP contribution in [0.15, 0.2) is 42.5 Å². The van der Waals surface area contributed by atoms with E-state index in [0.717, 1.165) is 36.3 Å². The third-order valence-electron chi connectivity index (χ3n) is 4.49. The Labute approximate surface area is 145 Å². The molecule has 0 saturated heterocycles. The number of nitrogens with one attached hydrogen (secondary N) is 1. The number of benzene rings is 2. The Kier molecular flexibility index (Phi) is 4.56. The molecule has 1 heterocycles. The minimum Gasteiger partial charge on any atom is -0.398 e. The molecule has 1 aliphatic rings. The van der Waals surface area contributed by atoms with Gasteiger partial charge in [-0.2, -0.15) is 0 Å². The summed E-state index contributed by atoms with van der Waals surface area (Å²) in [4.78, 5) is 25.0. The monoisotopic (exact) mass is 340 g/mol. The molecule has 0 bridgehead atoms. The summed E-state index contributed by atoms with van der Waals surface area (Å²) >= 11 is 0. The quantitative estimate of drug-likeness (QED) is 0.506. The molecule has 7 nitrogen and oxygen atoms in total. The number of amides is 1. The number of nitro groups is 1. The molecule has 1 atom stereocenters. The van der Waals surface area contributed by atoms with Crippen molar-refractivity contribution in [3.8, 4) is 0 Å². The number of nitrogen functional groups attached to an aromatic ring is 1. The molecule has 0 spiro atoms. The van der Waals surface area contributed by atoms with Gasteiger partial charge in [0.25, 0.3) is 5.69 Å². The highest BCUT2D eigenvalue weighted by Gasteiger charge is 2.27. The summed E-state index contributed by atoms with van der Waals surface area (Å²) in [5.74, 6) is -0.212. The minimum atomic E-state index is -0.483. The summed E-state index contributed by atoms with van der Waals surface area (Å²) in [5.41, 5.74) is 9.21. The van der Waals surface area contributed by atoms with E-state index in [1.54, 1.807) is 12.1 Å². The molecule has 0 fully saturated rings. The molecule has 7 heteroatoms. The van der Waals surface area contributed by atoms with Crippen LogP contribution in [0.1, 0.15) is 18.9 Å². The second-order valence-corrected chi connectivity index (χ2v) is 6.11. The molecular weight excluding hydrogens is 320 g/mol. The number of anilines is 3. The van der Waals surface area contributed by atoms with Gasteiger partial charge >= 0.3 is 0 Å². The first-order chi connectivity index (χ1) is 12.0. The molecule has 0 aliphatic carbocycles. The highest BCUT2D eigenvalue weighted by molar-refractivity contribution is 5.97. The summed E-state index contributed by atoms with van der Waals surface area (Å²) in [6.07, 6.45) is 1.83. The van der Waals surface area contributed by atoms with Gasteiger partial charge in [0.05, 0.1) is 4.92 Å². The molecule has 1 amide bonds. The summed E-state index contributed by atoms with van der Waals surface area (Å²) in [6, 6.07) is 11.3. The van der Waals surface area contributed by atoms with Gasteiger partial charge in [-0.1, -0.05) is 12.1 Å². The van der Waals surface area contributed by atoms with Gasteiger partial charge in [0.2, 0.25) is 5.91 Å². The smallest absolute Gasteiger partial charge is 0.271 e. The van der Waals surface area contributed by atoms with Crippen molar-refractivity contribution in [2.24, 2.45) is 0 Å². The molecule has 1 aliphatic heterocycles. The number of carbonyl (C=O) groups excluding carboxylic acids is 1. The van der Waals surface area contributed by atoms with E-state index in [-0.39, 0.29) is 11.6 Å². The maximum absolute atomic E-state index is 12.6. The van der Waals surface area contributed by atoms with Gasteiger partial charge in [-0.3, -0.25) is 14.9 Å². The first-order valence-corrected chi connectivity index (χ1v) is 8.16. The molecule has 3 rings (SSSR count). The summed E-state index contributed by atoms with van der Waals surface area (Å²) in [7, 11) is 0. The van der Waals surface area contributed by atoms with Crippen molar-refractivity contribution in [2.75, 3.05) is 22.5 Å². The van der Waals surface area contributed by atoms with Gasteiger partial charge in [-0.05, 0) is 43.5 Å². The second kappa shape index (κ2) is 6.80. The normalized spacial score (nSPS) is 14.5. The standard InChI is InChI=1S/C18H20N4O3/c1-12(18(23)20-13-5-2-6-14(11-13)22(24)25)21-10-4-7-15-16(19)8-3-9-17(15)21/h2-3,5-6,8-9,11-12H,4,7,10,19H2,1H3,(H,20,23). The number of hydrogen-bond acceptors (Lipinski definition) is 5. The number of hydrogen-bond donors (Lipinski definition) is 2. The number of carbonyl (C=O) groups is 1. The summed E-state index contributed by atoms with van der Waals surface area (Å²) < 4.78 is 0. The zero-order valence-electron chi connectivity index (χ0n) is 13.9. The molecule has 25 heavy (non-hydrogen) atoms. The van der Waals surface area contributed by atoms with E-state index in [1.807, 2.05) is 30.0 Å². The van der Waals surface area contributed by atoms with E-state index >= 15 is 0 Å². The van der Waals surface area contributed by atoms with Crippen molar-refractivity contribution in [2.45, 2.75) is 25.8 Å². The van der Waals surface area contributed by atoms with Crippen molar-refractivity contribution < 1.29 is 9.72 Å². The molecule has 3 N–H and O–H groups in total.